The first-order valence-corrected chi connectivity index (χ1v) is 5.97. The van der Waals surface area contributed by atoms with E-state index in [2.05, 4.69) is 18.8 Å². The van der Waals surface area contributed by atoms with Crippen molar-refractivity contribution in [3.05, 3.63) is 23.9 Å². The minimum atomic E-state index is -0.0716. The molecule has 18 heavy (non-hydrogen) atoms. The molecule has 0 spiro atoms. The number of hydrogen-bond acceptors (Lipinski definition) is 3. The maximum absolute atomic E-state index is 5.85. The molecule has 1 heterocycles. The third-order valence-corrected chi connectivity index (χ3v) is 3.43. The number of nitrogens with one attached hydrogen (secondary N) is 1. The molecule has 0 aliphatic rings. The van der Waals surface area contributed by atoms with Gasteiger partial charge in [0.15, 0.2) is 11.5 Å². The largest absolute Gasteiger partial charge is 0.493 e. The van der Waals surface area contributed by atoms with Crippen molar-refractivity contribution in [1.82, 2.24) is 4.98 Å². The third kappa shape index (κ3) is 1.93. The smallest absolute Gasteiger partial charge is 0.162 e. The normalized spacial score (nSPS) is 11.8. The van der Waals surface area contributed by atoms with Crippen LogP contribution in [0.25, 0.3) is 10.9 Å². The molecule has 0 unspecified atom stereocenters. The van der Waals surface area contributed by atoms with Crippen molar-refractivity contribution in [1.29, 1.82) is 0 Å². The highest BCUT2D eigenvalue weighted by Gasteiger charge is 2.23. The number of H-pyrrole nitrogens is 1. The SMILES string of the molecule is COc1cc2[nH]cc(C(C)(C)CN)c2cc1OC. The summed E-state index contributed by atoms with van der Waals surface area (Å²) in [6.07, 6.45) is 2.01. The molecule has 0 bridgehead atoms. The van der Waals surface area contributed by atoms with Gasteiger partial charge in [0.25, 0.3) is 0 Å². The summed E-state index contributed by atoms with van der Waals surface area (Å²) < 4.78 is 10.6. The van der Waals surface area contributed by atoms with Gasteiger partial charge in [-0.05, 0) is 11.6 Å². The lowest BCUT2D eigenvalue weighted by Gasteiger charge is -2.22. The van der Waals surface area contributed by atoms with Crippen LogP contribution in [0.4, 0.5) is 0 Å². The summed E-state index contributed by atoms with van der Waals surface area (Å²) in [6.45, 7) is 4.85. The molecule has 0 radical (unpaired) electrons. The van der Waals surface area contributed by atoms with E-state index < -0.39 is 0 Å². The van der Waals surface area contributed by atoms with Crippen molar-refractivity contribution in [3.63, 3.8) is 0 Å². The van der Waals surface area contributed by atoms with Crippen molar-refractivity contribution in [2.45, 2.75) is 19.3 Å². The van der Waals surface area contributed by atoms with E-state index in [-0.39, 0.29) is 5.41 Å². The second kappa shape index (κ2) is 4.53. The number of aromatic nitrogens is 1. The Labute approximate surface area is 107 Å². The van der Waals surface area contributed by atoms with Gasteiger partial charge in [-0.3, -0.25) is 0 Å². The van der Waals surface area contributed by atoms with Crippen LogP contribution < -0.4 is 15.2 Å². The second-order valence-corrected chi connectivity index (χ2v) is 5.04. The highest BCUT2D eigenvalue weighted by Crippen LogP contribution is 2.36. The minimum Gasteiger partial charge on any atom is -0.493 e. The third-order valence-electron chi connectivity index (χ3n) is 3.43. The predicted molar refractivity (Wildman–Crippen MR) is 73.5 cm³/mol. The van der Waals surface area contributed by atoms with Crippen LogP contribution >= 0.6 is 0 Å². The number of benzene rings is 1. The summed E-state index contributed by atoms with van der Waals surface area (Å²) in [7, 11) is 3.28. The maximum Gasteiger partial charge on any atom is 0.162 e. The fraction of sp³-hybridized carbons (Fsp3) is 0.429. The molecule has 0 saturated carbocycles. The molecule has 0 fully saturated rings. The zero-order valence-corrected chi connectivity index (χ0v) is 11.3. The van der Waals surface area contributed by atoms with E-state index in [0.717, 1.165) is 22.4 Å². The lowest BCUT2D eigenvalue weighted by molar-refractivity contribution is 0.356. The molecular weight excluding hydrogens is 228 g/mol. The fourth-order valence-corrected chi connectivity index (χ4v) is 2.12. The highest BCUT2D eigenvalue weighted by atomic mass is 16.5. The zero-order chi connectivity index (χ0) is 13.3. The van der Waals surface area contributed by atoms with E-state index in [1.54, 1.807) is 14.2 Å². The zero-order valence-electron chi connectivity index (χ0n) is 11.3. The highest BCUT2D eigenvalue weighted by molar-refractivity contribution is 5.87. The molecule has 4 nitrogen and oxygen atoms in total. The molecule has 2 aromatic rings. The monoisotopic (exact) mass is 248 g/mol. The molecule has 0 saturated heterocycles. The molecule has 0 amide bonds. The van der Waals surface area contributed by atoms with Gasteiger partial charge >= 0.3 is 0 Å². The van der Waals surface area contributed by atoms with Gasteiger partial charge in [0.2, 0.25) is 0 Å². The van der Waals surface area contributed by atoms with Gasteiger partial charge in [-0.1, -0.05) is 13.8 Å². The first-order valence-electron chi connectivity index (χ1n) is 5.97. The molecule has 0 aliphatic heterocycles. The number of rotatable bonds is 4. The molecular formula is C14H20N2O2. The summed E-state index contributed by atoms with van der Waals surface area (Å²) in [5.41, 5.74) is 8.00. The van der Waals surface area contributed by atoms with Gasteiger partial charge in [-0.15, -0.1) is 0 Å². The second-order valence-electron chi connectivity index (χ2n) is 5.04. The van der Waals surface area contributed by atoms with E-state index in [0.29, 0.717) is 6.54 Å². The number of fused-ring (bicyclic) bond motifs is 1. The van der Waals surface area contributed by atoms with E-state index in [9.17, 15) is 0 Å². The molecule has 4 heteroatoms. The minimum absolute atomic E-state index is 0.0716. The lowest BCUT2D eigenvalue weighted by Crippen LogP contribution is -2.27. The average Bonchev–Trinajstić information content (AvgIpc) is 2.80. The summed E-state index contributed by atoms with van der Waals surface area (Å²) >= 11 is 0. The van der Waals surface area contributed by atoms with Crippen LogP contribution in [0.15, 0.2) is 18.3 Å². The fourth-order valence-electron chi connectivity index (χ4n) is 2.12. The Morgan fingerprint density at radius 2 is 1.78 bits per heavy atom. The van der Waals surface area contributed by atoms with Crippen LogP contribution in [-0.2, 0) is 5.41 Å². The topological polar surface area (TPSA) is 60.3 Å². The molecule has 0 aliphatic carbocycles. The van der Waals surface area contributed by atoms with Crippen molar-refractivity contribution in [2.24, 2.45) is 5.73 Å². The molecule has 3 N–H and O–H groups in total. The Bertz CT molecular complexity index is 558. The molecule has 98 valence electrons. The van der Waals surface area contributed by atoms with E-state index >= 15 is 0 Å². The molecule has 2 rings (SSSR count). The van der Waals surface area contributed by atoms with Crippen LogP contribution in [0.1, 0.15) is 19.4 Å². The first-order chi connectivity index (χ1) is 8.53. The number of hydrogen-bond donors (Lipinski definition) is 2. The Hall–Kier alpha value is -1.68. The van der Waals surface area contributed by atoms with Crippen LogP contribution in [0, 0.1) is 0 Å². The number of nitrogens with two attached hydrogens (primary N) is 1. The van der Waals surface area contributed by atoms with Gasteiger partial charge in [0, 0.05) is 35.1 Å². The van der Waals surface area contributed by atoms with Crippen LogP contribution in [0.2, 0.25) is 0 Å². The summed E-state index contributed by atoms with van der Waals surface area (Å²) in [5, 5.41) is 1.13. The van der Waals surface area contributed by atoms with Crippen LogP contribution in [0.5, 0.6) is 11.5 Å². The van der Waals surface area contributed by atoms with Crippen LogP contribution in [-0.4, -0.2) is 25.7 Å². The van der Waals surface area contributed by atoms with Gasteiger partial charge < -0.3 is 20.2 Å². The number of ether oxygens (including phenoxy) is 2. The summed E-state index contributed by atoms with van der Waals surface area (Å²) in [4.78, 5) is 3.26. The molecule has 1 aromatic heterocycles. The van der Waals surface area contributed by atoms with Crippen molar-refractivity contribution < 1.29 is 9.47 Å². The quantitative estimate of drug-likeness (QED) is 0.873. The molecule has 1 aromatic carbocycles. The first kappa shape index (κ1) is 12.8. The van der Waals surface area contributed by atoms with Crippen molar-refractivity contribution in [3.8, 4) is 11.5 Å². The Morgan fingerprint density at radius 1 is 1.17 bits per heavy atom. The van der Waals surface area contributed by atoms with Crippen LogP contribution in [0.3, 0.4) is 0 Å². The van der Waals surface area contributed by atoms with Gasteiger partial charge in [0.1, 0.15) is 0 Å². The Kier molecular flexibility index (Phi) is 3.22. The van der Waals surface area contributed by atoms with E-state index in [1.807, 2.05) is 18.3 Å². The summed E-state index contributed by atoms with van der Waals surface area (Å²) in [5.74, 6) is 1.46. The molecule has 0 atom stereocenters. The Morgan fingerprint density at radius 3 is 2.33 bits per heavy atom. The number of methoxy groups -OCH3 is 2. The van der Waals surface area contributed by atoms with Gasteiger partial charge in [-0.25, -0.2) is 0 Å². The predicted octanol–water partition coefficient (Wildman–Crippen LogP) is 2.42. The van der Waals surface area contributed by atoms with Gasteiger partial charge in [0.05, 0.1) is 14.2 Å². The van der Waals surface area contributed by atoms with Crippen molar-refractivity contribution in [2.75, 3.05) is 20.8 Å². The maximum atomic E-state index is 5.85. The van der Waals surface area contributed by atoms with Gasteiger partial charge in [-0.2, -0.15) is 0 Å². The van der Waals surface area contributed by atoms with Crippen molar-refractivity contribution >= 4 is 10.9 Å². The lowest BCUT2D eigenvalue weighted by atomic mass is 9.84. The average molecular weight is 248 g/mol. The summed E-state index contributed by atoms with van der Waals surface area (Å²) in [6, 6.07) is 3.95. The van der Waals surface area contributed by atoms with E-state index in [4.69, 9.17) is 15.2 Å². The number of aromatic amines is 1. The Balaban J connectivity index is 2.66. The van der Waals surface area contributed by atoms with E-state index in [1.165, 1.54) is 5.56 Å². The standard InChI is InChI=1S/C14H20N2O2/c1-14(2,8-15)10-7-16-11-6-13(18-4)12(17-3)5-9(10)11/h5-7,16H,8,15H2,1-4H3.